The standard InChI is InChI=1S/C15H14N2O2/c1-11(8-14-6-3-7-19-14)17-15(18)13-5-2-4-12(9-13)10-16/h2-7,9,11H,8H2,1H3,(H,17,18)/t11-/m1/s1. The van der Waals surface area contributed by atoms with Gasteiger partial charge in [0.05, 0.1) is 17.9 Å². The molecule has 0 aliphatic carbocycles. The summed E-state index contributed by atoms with van der Waals surface area (Å²) in [4.78, 5) is 12.0. The Labute approximate surface area is 111 Å². The summed E-state index contributed by atoms with van der Waals surface area (Å²) < 4.78 is 5.23. The quantitative estimate of drug-likeness (QED) is 0.911. The van der Waals surface area contributed by atoms with Gasteiger partial charge < -0.3 is 9.73 Å². The molecule has 0 bridgehead atoms. The van der Waals surface area contributed by atoms with Gasteiger partial charge in [-0.3, -0.25) is 4.79 Å². The van der Waals surface area contributed by atoms with Gasteiger partial charge in [0.15, 0.2) is 0 Å². The number of nitriles is 1. The molecule has 0 aliphatic heterocycles. The van der Waals surface area contributed by atoms with Crippen LogP contribution in [-0.4, -0.2) is 11.9 Å². The van der Waals surface area contributed by atoms with Gasteiger partial charge in [-0.05, 0) is 37.3 Å². The highest BCUT2D eigenvalue weighted by Crippen LogP contribution is 2.07. The molecule has 0 radical (unpaired) electrons. The third-order valence-electron chi connectivity index (χ3n) is 2.72. The van der Waals surface area contributed by atoms with Crippen LogP contribution in [0, 0.1) is 11.3 Å². The molecule has 2 aromatic rings. The number of furan rings is 1. The van der Waals surface area contributed by atoms with Gasteiger partial charge in [0, 0.05) is 18.0 Å². The molecule has 4 heteroatoms. The Morgan fingerprint density at radius 1 is 1.42 bits per heavy atom. The van der Waals surface area contributed by atoms with Crippen LogP contribution < -0.4 is 5.32 Å². The maximum atomic E-state index is 12.0. The van der Waals surface area contributed by atoms with E-state index in [-0.39, 0.29) is 11.9 Å². The average Bonchev–Trinajstić information content (AvgIpc) is 2.91. The van der Waals surface area contributed by atoms with Crippen LogP contribution in [0.4, 0.5) is 0 Å². The van der Waals surface area contributed by atoms with E-state index >= 15 is 0 Å². The van der Waals surface area contributed by atoms with Crippen molar-refractivity contribution in [3.63, 3.8) is 0 Å². The number of nitrogens with zero attached hydrogens (tertiary/aromatic N) is 1. The summed E-state index contributed by atoms with van der Waals surface area (Å²) in [5, 5.41) is 11.7. The maximum absolute atomic E-state index is 12.0. The summed E-state index contributed by atoms with van der Waals surface area (Å²) in [7, 11) is 0. The van der Waals surface area contributed by atoms with Gasteiger partial charge in [-0.25, -0.2) is 0 Å². The Hall–Kier alpha value is -2.54. The number of rotatable bonds is 4. The average molecular weight is 254 g/mol. The zero-order valence-corrected chi connectivity index (χ0v) is 10.6. The summed E-state index contributed by atoms with van der Waals surface area (Å²) in [6.07, 6.45) is 2.25. The minimum absolute atomic E-state index is 0.0376. The minimum Gasteiger partial charge on any atom is -0.469 e. The lowest BCUT2D eigenvalue weighted by atomic mass is 10.1. The predicted octanol–water partition coefficient (Wildman–Crippen LogP) is 2.51. The SMILES string of the molecule is C[C@H](Cc1ccco1)NC(=O)c1cccc(C#N)c1. The number of carbonyl (C=O) groups is 1. The van der Waals surface area contributed by atoms with Crippen LogP contribution in [0.25, 0.3) is 0 Å². The molecule has 0 aliphatic rings. The number of nitrogens with one attached hydrogen (secondary N) is 1. The van der Waals surface area contributed by atoms with Gasteiger partial charge >= 0.3 is 0 Å². The second-order valence-electron chi connectivity index (χ2n) is 4.35. The molecule has 0 spiro atoms. The molecule has 2 rings (SSSR count). The summed E-state index contributed by atoms with van der Waals surface area (Å²) in [6, 6.07) is 12.3. The van der Waals surface area contributed by atoms with Crippen LogP contribution >= 0.6 is 0 Å². The van der Waals surface area contributed by atoms with Crippen LogP contribution in [-0.2, 0) is 6.42 Å². The van der Waals surface area contributed by atoms with Gasteiger partial charge in [-0.15, -0.1) is 0 Å². The molecule has 1 aromatic heterocycles. The third kappa shape index (κ3) is 3.46. The smallest absolute Gasteiger partial charge is 0.251 e. The van der Waals surface area contributed by atoms with Crippen LogP contribution in [0.3, 0.4) is 0 Å². The summed E-state index contributed by atoms with van der Waals surface area (Å²) in [5.74, 6) is 0.648. The molecule has 1 atom stereocenters. The van der Waals surface area contributed by atoms with Crippen LogP contribution in [0.15, 0.2) is 47.1 Å². The summed E-state index contributed by atoms with van der Waals surface area (Å²) in [6.45, 7) is 1.91. The van der Waals surface area contributed by atoms with E-state index in [2.05, 4.69) is 5.32 Å². The Kier molecular flexibility index (Phi) is 3.99. The van der Waals surface area contributed by atoms with Crippen molar-refractivity contribution in [2.75, 3.05) is 0 Å². The van der Waals surface area contributed by atoms with Crippen LogP contribution in [0.1, 0.15) is 28.6 Å². The molecule has 0 fully saturated rings. The van der Waals surface area contributed by atoms with Gasteiger partial charge in [0.1, 0.15) is 5.76 Å². The van der Waals surface area contributed by atoms with E-state index < -0.39 is 0 Å². The van der Waals surface area contributed by atoms with Crippen LogP contribution in [0.2, 0.25) is 0 Å². The first kappa shape index (κ1) is 12.9. The van der Waals surface area contributed by atoms with Crippen molar-refractivity contribution in [1.82, 2.24) is 5.32 Å². The lowest BCUT2D eigenvalue weighted by Gasteiger charge is -2.12. The topological polar surface area (TPSA) is 66.0 Å². The fourth-order valence-electron chi connectivity index (χ4n) is 1.82. The predicted molar refractivity (Wildman–Crippen MR) is 70.5 cm³/mol. The fraction of sp³-hybridized carbons (Fsp3) is 0.200. The molecular weight excluding hydrogens is 240 g/mol. The monoisotopic (exact) mass is 254 g/mol. The molecule has 1 amide bonds. The summed E-state index contributed by atoms with van der Waals surface area (Å²) >= 11 is 0. The van der Waals surface area contributed by atoms with E-state index in [1.165, 1.54) is 0 Å². The van der Waals surface area contributed by atoms with Crippen molar-refractivity contribution in [3.05, 3.63) is 59.5 Å². The van der Waals surface area contributed by atoms with Crippen molar-refractivity contribution in [2.24, 2.45) is 0 Å². The van der Waals surface area contributed by atoms with Crippen molar-refractivity contribution >= 4 is 5.91 Å². The minimum atomic E-state index is -0.184. The number of hydrogen-bond donors (Lipinski definition) is 1. The molecule has 19 heavy (non-hydrogen) atoms. The Morgan fingerprint density at radius 3 is 2.95 bits per heavy atom. The normalized spacial score (nSPS) is 11.6. The van der Waals surface area contributed by atoms with Crippen molar-refractivity contribution in [3.8, 4) is 6.07 Å². The van der Waals surface area contributed by atoms with E-state index in [0.29, 0.717) is 17.5 Å². The molecule has 96 valence electrons. The first-order chi connectivity index (χ1) is 9.19. The summed E-state index contributed by atoms with van der Waals surface area (Å²) in [5.41, 5.74) is 0.969. The largest absolute Gasteiger partial charge is 0.469 e. The van der Waals surface area contributed by atoms with Crippen LogP contribution in [0.5, 0.6) is 0 Å². The Bertz CT molecular complexity index is 597. The highest BCUT2D eigenvalue weighted by molar-refractivity contribution is 5.94. The second-order valence-corrected chi connectivity index (χ2v) is 4.35. The zero-order chi connectivity index (χ0) is 13.7. The van der Waals surface area contributed by atoms with Gasteiger partial charge in [0.25, 0.3) is 5.91 Å². The molecule has 1 aromatic carbocycles. The molecule has 0 unspecified atom stereocenters. The Balaban J connectivity index is 1.98. The van der Waals surface area contributed by atoms with Crippen molar-refractivity contribution in [1.29, 1.82) is 5.26 Å². The van der Waals surface area contributed by atoms with E-state index in [9.17, 15) is 4.79 Å². The molecule has 0 saturated carbocycles. The molecule has 1 heterocycles. The van der Waals surface area contributed by atoms with Gasteiger partial charge in [-0.1, -0.05) is 6.07 Å². The number of carbonyl (C=O) groups excluding carboxylic acids is 1. The van der Waals surface area contributed by atoms with Crippen molar-refractivity contribution in [2.45, 2.75) is 19.4 Å². The van der Waals surface area contributed by atoms with Gasteiger partial charge in [-0.2, -0.15) is 5.26 Å². The Morgan fingerprint density at radius 2 is 2.26 bits per heavy atom. The number of amides is 1. The molecule has 1 N–H and O–H groups in total. The highest BCUT2D eigenvalue weighted by Gasteiger charge is 2.11. The first-order valence-electron chi connectivity index (χ1n) is 6.02. The zero-order valence-electron chi connectivity index (χ0n) is 10.6. The molecule has 4 nitrogen and oxygen atoms in total. The number of benzene rings is 1. The van der Waals surface area contributed by atoms with E-state index in [1.54, 1.807) is 30.5 Å². The maximum Gasteiger partial charge on any atom is 0.251 e. The lowest BCUT2D eigenvalue weighted by Crippen LogP contribution is -2.34. The van der Waals surface area contributed by atoms with E-state index in [0.717, 1.165) is 5.76 Å². The molecule has 0 saturated heterocycles. The highest BCUT2D eigenvalue weighted by atomic mass is 16.3. The van der Waals surface area contributed by atoms with Gasteiger partial charge in [0.2, 0.25) is 0 Å². The lowest BCUT2D eigenvalue weighted by molar-refractivity contribution is 0.0939. The fourth-order valence-corrected chi connectivity index (χ4v) is 1.82. The van der Waals surface area contributed by atoms with Crippen molar-refractivity contribution < 1.29 is 9.21 Å². The molecular formula is C15H14N2O2. The number of hydrogen-bond acceptors (Lipinski definition) is 3. The third-order valence-corrected chi connectivity index (χ3v) is 2.72. The van der Waals surface area contributed by atoms with E-state index in [1.807, 2.05) is 25.1 Å². The van der Waals surface area contributed by atoms with E-state index in [4.69, 9.17) is 9.68 Å². The second kappa shape index (κ2) is 5.87. The first-order valence-corrected chi connectivity index (χ1v) is 6.02.